The zero-order valence-corrected chi connectivity index (χ0v) is 27.7. The number of nitrogens with zero attached hydrogens (tertiary/aromatic N) is 2. The van der Waals surface area contributed by atoms with Crippen LogP contribution in [0.25, 0.3) is 0 Å². The summed E-state index contributed by atoms with van der Waals surface area (Å²) in [6.07, 6.45) is 14.6. The molecular weight excluding hydrogens is 536 g/mol. The van der Waals surface area contributed by atoms with Crippen molar-refractivity contribution in [3.8, 4) is 5.75 Å². The molecule has 7 atom stereocenters. The predicted octanol–water partition coefficient (Wildman–Crippen LogP) is 8.28. The predicted molar refractivity (Wildman–Crippen MR) is 181 cm³/mol. The first-order valence-electron chi connectivity index (χ1n) is 18.3. The molecule has 44 heavy (non-hydrogen) atoms. The third kappa shape index (κ3) is 4.82. The molecule has 2 heterocycles. The molecule has 2 aromatic carbocycles. The Bertz CT molecular complexity index is 1410. The zero-order valence-electron chi connectivity index (χ0n) is 27.7. The number of rotatable bonds is 4. The van der Waals surface area contributed by atoms with Crippen molar-refractivity contribution in [3.05, 3.63) is 76.9 Å². The van der Waals surface area contributed by atoms with Crippen molar-refractivity contribution in [2.75, 3.05) is 26.2 Å². The van der Waals surface area contributed by atoms with Crippen LogP contribution in [0.4, 0.5) is 0 Å². The van der Waals surface area contributed by atoms with E-state index in [4.69, 9.17) is 0 Å². The lowest BCUT2D eigenvalue weighted by Gasteiger charge is -2.62. The summed E-state index contributed by atoms with van der Waals surface area (Å²) >= 11 is 0. The number of benzene rings is 2. The van der Waals surface area contributed by atoms with Crippen LogP contribution in [-0.4, -0.2) is 53.2 Å². The van der Waals surface area contributed by atoms with Gasteiger partial charge in [0.05, 0.1) is 0 Å². The van der Waals surface area contributed by atoms with Gasteiger partial charge in [0.25, 0.3) is 0 Å². The summed E-state index contributed by atoms with van der Waals surface area (Å²) in [4.78, 5) is 5.67. The maximum Gasteiger partial charge on any atom is 0.115 e. The van der Waals surface area contributed by atoms with Crippen LogP contribution >= 0.6 is 0 Å². The third-order valence-corrected chi connectivity index (χ3v) is 14.2. The Kier molecular flexibility index (Phi) is 7.34. The standard InChI is InChI=1S/C23H31NO.C18H25N/c1-15-10-16(2)22-21-11-18-6-7-19(25)12-20(18)23(22,13-15)8-9-24(21)14-17-4-3-5-17;1-13-17-11-15-5-3-4-6-16(15)18(13,2)9-10-19(17)12-14-7-8-14/h6-7,12,16-17,21-22,25H,1,3-5,8-11,13-14H2,2H3;3-6,13-14,17H,7-12H2,1-2H3/t16-,21+,22-,23+;/m0./s1. The highest BCUT2D eigenvalue weighted by Gasteiger charge is 2.57. The molecule has 236 valence electrons. The molecule has 2 saturated heterocycles. The van der Waals surface area contributed by atoms with Crippen LogP contribution in [0.15, 0.2) is 54.6 Å². The number of phenolic OH excluding ortho intramolecular Hbond substituents is 1. The van der Waals surface area contributed by atoms with E-state index in [9.17, 15) is 5.11 Å². The second-order valence-corrected chi connectivity index (χ2v) is 16.8. The Morgan fingerprint density at radius 1 is 0.818 bits per heavy atom. The number of allylic oxidation sites excluding steroid dienone is 1. The molecule has 5 fully saturated rings. The van der Waals surface area contributed by atoms with E-state index in [1.54, 1.807) is 11.1 Å². The second-order valence-electron chi connectivity index (χ2n) is 16.8. The molecule has 9 rings (SSSR count). The van der Waals surface area contributed by atoms with Gasteiger partial charge in [0, 0.05) is 30.6 Å². The van der Waals surface area contributed by atoms with Gasteiger partial charge in [-0.2, -0.15) is 0 Å². The van der Waals surface area contributed by atoms with Gasteiger partial charge < -0.3 is 5.11 Å². The fourth-order valence-corrected chi connectivity index (χ4v) is 11.4. The quantitative estimate of drug-likeness (QED) is 0.362. The molecule has 7 aliphatic rings. The summed E-state index contributed by atoms with van der Waals surface area (Å²) < 4.78 is 0. The molecule has 3 heteroatoms. The normalized spacial score (nSPS) is 38.0. The molecule has 3 nitrogen and oxygen atoms in total. The van der Waals surface area contributed by atoms with E-state index < -0.39 is 0 Å². The van der Waals surface area contributed by atoms with E-state index in [0.29, 0.717) is 23.1 Å². The summed E-state index contributed by atoms with van der Waals surface area (Å²) in [7, 11) is 0. The topological polar surface area (TPSA) is 26.7 Å². The Labute approximate surface area is 267 Å². The van der Waals surface area contributed by atoms with Gasteiger partial charge in [-0.05, 0) is 147 Å². The van der Waals surface area contributed by atoms with Crippen molar-refractivity contribution in [3.63, 3.8) is 0 Å². The van der Waals surface area contributed by atoms with Gasteiger partial charge in [0.1, 0.15) is 5.75 Å². The lowest BCUT2D eigenvalue weighted by atomic mass is 9.49. The molecule has 2 aliphatic heterocycles. The molecule has 0 aromatic heterocycles. The fourth-order valence-electron chi connectivity index (χ4n) is 11.4. The highest BCUT2D eigenvalue weighted by atomic mass is 16.3. The van der Waals surface area contributed by atoms with Crippen LogP contribution in [0.1, 0.15) is 101 Å². The maximum atomic E-state index is 10.2. The van der Waals surface area contributed by atoms with Gasteiger partial charge >= 0.3 is 0 Å². The van der Waals surface area contributed by atoms with Gasteiger partial charge in [-0.1, -0.05) is 69.7 Å². The minimum absolute atomic E-state index is 0.224. The molecule has 3 unspecified atom stereocenters. The average Bonchev–Trinajstić information content (AvgIpc) is 3.80. The number of hydrogen-bond acceptors (Lipinski definition) is 3. The van der Waals surface area contributed by atoms with Crippen LogP contribution in [0.2, 0.25) is 0 Å². The van der Waals surface area contributed by atoms with Crippen LogP contribution in [0.3, 0.4) is 0 Å². The van der Waals surface area contributed by atoms with Gasteiger partial charge in [-0.25, -0.2) is 0 Å². The SMILES string of the molecule is C=C1C[C@H](C)[C@H]2[C@H]3Cc4ccc(O)cc4[C@@]2(CCN3CC2CCC2)C1.CC1C2Cc3ccccc3C1(C)CCN2CC1CC1. The average molecular weight is 593 g/mol. The minimum Gasteiger partial charge on any atom is -0.508 e. The van der Waals surface area contributed by atoms with E-state index in [0.717, 1.165) is 36.1 Å². The highest BCUT2D eigenvalue weighted by Crippen LogP contribution is 2.59. The summed E-state index contributed by atoms with van der Waals surface area (Å²) in [6.45, 7) is 17.1. The van der Waals surface area contributed by atoms with Crippen molar-refractivity contribution in [1.82, 2.24) is 9.80 Å². The second kappa shape index (κ2) is 11.0. The van der Waals surface area contributed by atoms with E-state index in [1.165, 1.54) is 107 Å². The van der Waals surface area contributed by atoms with Crippen LogP contribution in [0, 0.1) is 29.6 Å². The smallest absolute Gasteiger partial charge is 0.115 e. The van der Waals surface area contributed by atoms with Crippen LogP contribution in [-0.2, 0) is 23.7 Å². The zero-order chi connectivity index (χ0) is 30.2. The molecule has 2 aromatic rings. The lowest BCUT2D eigenvalue weighted by Crippen LogP contribution is -2.63. The molecule has 5 aliphatic carbocycles. The van der Waals surface area contributed by atoms with Crippen LogP contribution in [0.5, 0.6) is 5.75 Å². The minimum atomic E-state index is 0.224. The first-order chi connectivity index (χ1) is 21.2. The first-order valence-corrected chi connectivity index (χ1v) is 18.3. The first kappa shape index (κ1) is 29.3. The molecule has 1 N–H and O–H groups in total. The van der Waals surface area contributed by atoms with Gasteiger partial charge in [-0.3, -0.25) is 9.80 Å². The van der Waals surface area contributed by atoms with Gasteiger partial charge in [0.15, 0.2) is 0 Å². The Balaban J connectivity index is 0.000000136. The summed E-state index contributed by atoms with van der Waals surface area (Å²) in [5, 5.41) is 10.2. The van der Waals surface area contributed by atoms with E-state index in [2.05, 4.69) is 73.5 Å². The van der Waals surface area contributed by atoms with E-state index >= 15 is 0 Å². The molecule has 0 spiro atoms. The molecular formula is C41H56N2O. The van der Waals surface area contributed by atoms with Crippen molar-refractivity contribution in [2.45, 2.75) is 114 Å². The molecule has 3 saturated carbocycles. The van der Waals surface area contributed by atoms with Crippen LogP contribution < -0.4 is 0 Å². The van der Waals surface area contributed by atoms with Crippen molar-refractivity contribution >= 4 is 0 Å². The summed E-state index contributed by atoms with van der Waals surface area (Å²) in [5.74, 6) is 4.63. The number of likely N-dealkylation sites (tertiary alicyclic amines) is 2. The largest absolute Gasteiger partial charge is 0.508 e. The number of piperidine rings is 2. The Morgan fingerprint density at radius 3 is 2.25 bits per heavy atom. The van der Waals surface area contributed by atoms with Gasteiger partial charge in [-0.15, -0.1) is 0 Å². The Hall–Kier alpha value is -2.10. The van der Waals surface area contributed by atoms with E-state index in [1.807, 2.05) is 6.07 Å². The summed E-state index contributed by atoms with van der Waals surface area (Å²) in [6, 6.07) is 16.9. The number of hydrogen-bond donors (Lipinski definition) is 1. The van der Waals surface area contributed by atoms with Crippen molar-refractivity contribution in [2.24, 2.45) is 29.6 Å². The summed E-state index contributed by atoms with van der Waals surface area (Å²) in [5.41, 5.74) is 8.26. The Morgan fingerprint density at radius 2 is 1.50 bits per heavy atom. The number of aromatic hydroxyl groups is 1. The van der Waals surface area contributed by atoms with Gasteiger partial charge in [0.2, 0.25) is 0 Å². The maximum absolute atomic E-state index is 10.2. The lowest BCUT2D eigenvalue weighted by molar-refractivity contribution is -0.0376. The molecule has 0 radical (unpaired) electrons. The van der Waals surface area contributed by atoms with Crippen molar-refractivity contribution < 1.29 is 5.11 Å². The monoisotopic (exact) mass is 592 g/mol. The van der Waals surface area contributed by atoms with E-state index in [-0.39, 0.29) is 5.41 Å². The third-order valence-electron chi connectivity index (χ3n) is 14.2. The molecule has 4 bridgehead atoms. The molecule has 0 amide bonds. The number of phenols is 1. The van der Waals surface area contributed by atoms with Crippen molar-refractivity contribution in [1.29, 1.82) is 0 Å². The number of fused-ring (bicyclic) bond motifs is 5. The fraction of sp³-hybridized carbons (Fsp3) is 0.659. The highest BCUT2D eigenvalue weighted by molar-refractivity contribution is 5.47.